The zero-order valence-corrected chi connectivity index (χ0v) is 16.0. The zero-order valence-electron chi connectivity index (χ0n) is 16.0. The number of rotatable bonds is 5. The van der Waals surface area contributed by atoms with E-state index in [2.05, 4.69) is 22.8 Å². The Labute approximate surface area is 171 Å². The van der Waals surface area contributed by atoms with E-state index < -0.39 is 0 Å². The van der Waals surface area contributed by atoms with Crippen molar-refractivity contribution in [2.45, 2.75) is 13.0 Å². The molecule has 0 saturated carbocycles. The molecule has 30 heavy (non-hydrogen) atoms. The van der Waals surface area contributed by atoms with E-state index in [0.29, 0.717) is 46.0 Å². The third kappa shape index (κ3) is 3.71. The lowest BCUT2D eigenvalue weighted by atomic mass is 10.1. The van der Waals surface area contributed by atoms with Crippen molar-refractivity contribution < 1.29 is 4.39 Å². The Morgan fingerprint density at radius 1 is 1.17 bits per heavy atom. The molecule has 6 nitrogen and oxygen atoms in total. The number of nitriles is 1. The third-order valence-electron chi connectivity index (χ3n) is 4.68. The van der Waals surface area contributed by atoms with Crippen LogP contribution in [0.4, 0.5) is 4.39 Å². The summed E-state index contributed by atoms with van der Waals surface area (Å²) in [5.41, 5.74) is 2.46. The minimum atomic E-state index is -0.343. The van der Waals surface area contributed by atoms with Crippen LogP contribution < -0.4 is 16.1 Å². The van der Waals surface area contributed by atoms with Crippen molar-refractivity contribution >= 4 is 12.7 Å². The molecular formula is C23H18FN5O. The number of aryl methyl sites for hydroxylation is 1. The van der Waals surface area contributed by atoms with Crippen LogP contribution in [0.3, 0.4) is 0 Å². The number of halogens is 1. The number of nitrogens with zero attached hydrogens (tertiary/aromatic N) is 4. The van der Waals surface area contributed by atoms with Crippen LogP contribution in [0, 0.1) is 17.1 Å². The van der Waals surface area contributed by atoms with Gasteiger partial charge >= 0.3 is 0 Å². The molecule has 4 aromatic rings. The summed E-state index contributed by atoms with van der Waals surface area (Å²) in [6.07, 6.45) is 3.79. The lowest BCUT2D eigenvalue weighted by Crippen LogP contribution is -2.33. The number of hydrogen-bond acceptors (Lipinski definition) is 3. The molecule has 0 aliphatic heterocycles. The number of aromatic amines is 1. The molecule has 1 N–H and O–H groups in total. The summed E-state index contributed by atoms with van der Waals surface area (Å²) in [6.45, 7) is 4.38. The van der Waals surface area contributed by atoms with Gasteiger partial charge in [0.15, 0.2) is 0 Å². The van der Waals surface area contributed by atoms with Crippen LogP contribution in [0.15, 0.2) is 65.6 Å². The van der Waals surface area contributed by atoms with Crippen molar-refractivity contribution in [3.63, 3.8) is 0 Å². The molecule has 148 valence electrons. The Kier molecular flexibility index (Phi) is 5.14. The standard InChI is InChI=1S/C23H18FN5O/c1-16-21(23(30)29(26-16)20-6-3-2-4-7-20)14-18-15-28(13-5-12-25)27-22(18)17-8-10-19(24)11-9-17/h2-4,6-11,14-15,26H,1,5,13H2/b21-14-. The number of aromatic nitrogens is 4. The van der Waals surface area contributed by atoms with Crippen LogP contribution in [0.1, 0.15) is 12.0 Å². The Morgan fingerprint density at radius 2 is 1.90 bits per heavy atom. The number of hydrogen-bond donors (Lipinski definition) is 1. The maximum absolute atomic E-state index is 13.4. The summed E-state index contributed by atoms with van der Waals surface area (Å²) >= 11 is 0. The van der Waals surface area contributed by atoms with Gasteiger partial charge in [-0.25, -0.2) is 9.07 Å². The fraction of sp³-hybridized carbons (Fsp3) is 0.0870. The van der Waals surface area contributed by atoms with Gasteiger partial charge in [-0.15, -0.1) is 0 Å². The predicted molar refractivity (Wildman–Crippen MR) is 113 cm³/mol. The average Bonchev–Trinajstić information content (AvgIpc) is 3.29. The van der Waals surface area contributed by atoms with E-state index in [0.717, 1.165) is 0 Å². The largest absolute Gasteiger partial charge is 0.291 e. The maximum Gasteiger partial charge on any atom is 0.279 e. The van der Waals surface area contributed by atoms with Gasteiger partial charge in [0.1, 0.15) is 5.82 Å². The third-order valence-corrected chi connectivity index (χ3v) is 4.68. The number of H-pyrrole nitrogens is 1. The van der Waals surface area contributed by atoms with Crippen LogP contribution in [0.25, 0.3) is 29.6 Å². The molecular weight excluding hydrogens is 381 g/mol. The van der Waals surface area contributed by atoms with Gasteiger partial charge in [0.05, 0.1) is 41.0 Å². The highest BCUT2D eigenvalue weighted by atomic mass is 19.1. The van der Waals surface area contributed by atoms with E-state index in [1.807, 2.05) is 30.3 Å². The topological polar surface area (TPSA) is 79.4 Å². The van der Waals surface area contributed by atoms with E-state index in [1.54, 1.807) is 29.1 Å². The number of para-hydroxylation sites is 1. The molecule has 0 saturated heterocycles. The molecule has 2 aromatic heterocycles. The first-order valence-corrected chi connectivity index (χ1v) is 9.34. The Balaban J connectivity index is 1.88. The summed E-state index contributed by atoms with van der Waals surface area (Å²) in [7, 11) is 0. The van der Waals surface area contributed by atoms with Crippen molar-refractivity contribution in [1.82, 2.24) is 19.6 Å². The molecule has 0 fully saturated rings. The number of benzene rings is 2. The lowest BCUT2D eigenvalue weighted by molar-refractivity contribution is 0.626. The van der Waals surface area contributed by atoms with Crippen LogP contribution >= 0.6 is 0 Å². The van der Waals surface area contributed by atoms with Gasteiger partial charge in [-0.05, 0) is 42.5 Å². The van der Waals surface area contributed by atoms with Gasteiger partial charge < -0.3 is 0 Å². The molecule has 0 radical (unpaired) electrons. The van der Waals surface area contributed by atoms with Crippen LogP contribution in [0.5, 0.6) is 0 Å². The fourth-order valence-electron chi connectivity index (χ4n) is 3.21. The first-order valence-electron chi connectivity index (χ1n) is 9.34. The lowest BCUT2D eigenvalue weighted by Gasteiger charge is -1.99. The molecule has 0 bridgehead atoms. The van der Waals surface area contributed by atoms with E-state index in [-0.39, 0.29) is 11.4 Å². The maximum atomic E-state index is 13.4. The van der Waals surface area contributed by atoms with Crippen LogP contribution in [0.2, 0.25) is 0 Å². The summed E-state index contributed by atoms with van der Waals surface area (Å²) < 4.78 is 16.5. The Hall–Kier alpha value is -4.18. The van der Waals surface area contributed by atoms with Crippen LogP contribution in [-0.2, 0) is 6.54 Å². The van der Waals surface area contributed by atoms with Crippen LogP contribution in [-0.4, -0.2) is 19.6 Å². The van der Waals surface area contributed by atoms with Crippen molar-refractivity contribution in [1.29, 1.82) is 5.26 Å². The van der Waals surface area contributed by atoms with Crippen molar-refractivity contribution in [2.24, 2.45) is 0 Å². The Bertz CT molecular complexity index is 1390. The van der Waals surface area contributed by atoms with Gasteiger partial charge in [-0.2, -0.15) is 10.4 Å². The SMILES string of the molecule is C=c1[nH]n(-c2ccccc2)c(=O)/c1=C\c1cn(CCC#N)nc1-c1ccc(F)cc1. The molecule has 0 atom stereocenters. The van der Waals surface area contributed by atoms with Crippen molar-refractivity contribution in [3.8, 4) is 23.0 Å². The molecule has 0 unspecified atom stereocenters. The highest BCUT2D eigenvalue weighted by Gasteiger charge is 2.12. The zero-order chi connectivity index (χ0) is 21.1. The summed E-state index contributed by atoms with van der Waals surface area (Å²) in [5, 5.41) is 17.3. The monoisotopic (exact) mass is 399 g/mol. The van der Waals surface area contributed by atoms with Gasteiger partial charge in [-0.3, -0.25) is 14.6 Å². The van der Waals surface area contributed by atoms with Gasteiger partial charge in [0.25, 0.3) is 5.56 Å². The van der Waals surface area contributed by atoms with Gasteiger partial charge in [0.2, 0.25) is 0 Å². The molecule has 7 heteroatoms. The minimum Gasteiger partial charge on any atom is -0.291 e. The van der Waals surface area contributed by atoms with Crippen molar-refractivity contribution in [3.05, 3.63) is 93.1 Å². The molecule has 4 rings (SSSR count). The summed E-state index contributed by atoms with van der Waals surface area (Å²) in [4.78, 5) is 13.0. The number of nitrogens with one attached hydrogen (secondary N) is 1. The van der Waals surface area contributed by atoms with Gasteiger partial charge in [0, 0.05) is 17.3 Å². The summed E-state index contributed by atoms with van der Waals surface area (Å²) in [6, 6.07) is 17.3. The van der Waals surface area contributed by atoms with E-state index in [4.69, 9.17) is 5.26 Å². The smallest absolute Gasteiger partial charge is 0.279 e. The molecule has 0 amide bonds. The molecule has 0 spiro atoms. The van der Waals surface area contributed by atoms with E-state index in [9.17, 15) is 9.18 Å². The van der Waals surface area contributed by atoms with Gasteiger partial charge in [-0.1, -0.05) is 24.8 Å². The molecule has 0 aliphatic carbocycles. The predicted octanol–water partition coefficient (Wildman–Crippen LogP) is 2.32. The van der Waals surface area contributed by atoms with Crippen molar-refractivity contribution in [2.75, 3.05) is 0 Å². The molecule has 0 aliphatic rings. The second-order valence-electron chi connectivity index (χ2n) is 6.74. The van der Waals surface area contributed by atoms with E-state index >= 15 is 0 Å². The fourth-order valence-corrected chi connectivity index (χ4v) is 3.21. The molecule has 2 aromatic carbocycles. The Morgan fingerprint density at radius 3 is 2.60 bits per heavy atom. The normalized spacial score (nSPS) is 11.5. The highest BCUT2D eigenvalue weighted by Crippen LogP contribution is 2.23. The second kappa shape index (κ2) is 8.05. The molecule has 2 heterocycles. The summed E-state index contributed by atoms with van der Waals surface area (Å²) in [5.74, 6) is -0.343. The second-order valence-corrected chi connectivity index (χ2v) is 6.74. The first-order chi connectivity index (χ1) is 14.6. The van der Waals surface area contributed by atoms with E-state index in [1.165, 1.54) is 16.8 Å². The first kappa shape index (κ1) is 19.2. The minimum absolute atomic E-state index is 0.235. The quantitative estimate of drug-likeness (QED) is 0.559. The average molecular weight is 399 g/mol. The highest BCUT2D eigenvalue weighted by molar-refractivity contribution is 5.71.